The second-order valence-electron chi connectivity index (χ2n) is 2.11. The summed E-state index contributed by atoms with van der Waals surface area (Å²) in [6.45, 7) is 0.241. The topological polar surface area (TPSA) is 87.0 Å². The number of nitrogens with one attached hydrogen (secondary N) is 3. The fraction of sp³-hybridized carbons (Fsp3) is 0.333. The maximum atomic E-state index is 10.6. The highest BCUT2D eigenvalue weighted by atomic mass is 16.5. The third-order valence-electron chi connectivity index (χ3n) is 1.26. The van der Waals surface area contributed by atoms with Gasteiger partial charge in [-0.05, 0) is 0 Å². The third kappa shape index (κ3) is 2.15. The minimum atomic E-state index is -0.531. The minimum absolute atomic E-state index is 0.241. The van der Waals surface area contributed by atoms with Gasteiger partial charge in [0, 0.05) is 6.20 Å². The first-order valence-electron chi connectivity index (χ1n) is 3.31. The lowest BCUT2D eigenvalue weighted by molar-refractivity contribution is 0.170. The van der Waals surface area contributed by atoms with E-state index in [1.165, 1.54) is 13.3 Å². The molecule has 0 saturated heterocycles. The van der Waals surface area contributed by atoms with Crippen molar-refractivity contribution in [2.45, 2.75) is 6.54 Å². The van der Waals surface area contributed by atoms with E-state index in [1.54, 1.807) is 0 Å². The molecule has 1 aromatic heterocycles. The zero-order valence-electron chi connectivity index (χ0n) is 6.51. The van der Waals surface area contributed by atoms with Crippen molar-refractivity contribution < 1.29 is 9.53 Å². The Balaban J connectivity index is 2.43. The predicted octanol–water partition coefficient (Wildman–Crippen LogP) is -0.441. The van der Waals surface area contributed by atoms with Crippen molar-refractivity contribution in [1.29, 1.82) is 0 Å². The highest BCUT2D eigenvalue weighted by Gasteiger charge is 1.99. The second kappa shape index (κ2) is 3.61. The normalized spacial score (nSPS) is 9.42. The molecule has 0 fully saturated rings. The van der Waals surface area contributed by atoms with Crippen LogP contribution in [0.25, 0.3) is 0 Å². The van der Waals surface area contributed by atoms with E-state index in [0.29, 0.717) is 5.69 Å². The number of hydrogen-bond acceptors (Lipinski definition) is 3. The largest absolute Gasteiger partial charge is 0.453 e. The van der Waals surface area contributed by atoms with Crippen molar-refractivity contribution in [2.24, 2.45) is 0 Å². The Hall–Kier alpha value is -1.72. The van der Waals surface area contributed by atoms with Gasteiger partial charge < -0.3 is 20.0 Å². The Morgan fingerprint density at radius 2 is 2.50 bits per heavy atom. The van der Waals surface area contributed by atoms with E-state index < -0.39 is 6.09 Å². The first kappa shape index (κ1) is 8.38. The van der Waals surface area contributed by atoms with E-state index in [9.17, 15) is 9.59 Å². The van der Waals surface area contributed by atoms with Gasteiger partial charge in [0.15, 0.2) is 0 Å². The van der Waals surface area contributed by atoms with Gasteiger partial charge in [-0.1, -0.05) is 0 Å². The molecule has 0 aliphatic carbocycles. The molecule has 6 heteroatoms. The van der Waals surface area contributed by atoms with E-state index in [2.05, 4.69) is 20.0 Å². The molecule has 0 spiro atoms. The molecule has 6 nitrogen and oxygen atoms in total. The van der Waals surface area contributed by atoms with Crippen molar-refractivity contribution in [1.82, 2.24) is 15.3 Å². The van der Waals surface area contributed by atoms with Crippen molar-refractivity contribution in [3.8, 4) is 0 Å². The fourth-order valence-electron chi connectivity index (χ4n) is 0.705. The number of methoxy groups -OCH3 is 1. The number of amides is 1. The Morgan fingerprint density at radius 3 is 3.00 bits per heavy atom. The Morgan fingerprint density at radius 1 is 1.75 bits per heavy atom. The standard InChI is InChI=1S/C6H9N3O3/c1-12-6(11)8-3-4-2-7-5(10)9-4/h2H,3H2,1H3,(H,8,11)(H2,7,9,10). The van der Waals surface area contributed by atoms with Crippen LogP contribution in [0.2, 0.25) is 0 Å². The van der Waals surface area contributed by atoms with Crippen molar-refractivity contribution in [3.63, 3.8) is 0 Å². The smallest absolute Gasteiger partial charge is 0.407 e. The number of hydrogen-bond donors (Lipinski definition) is 3. The first-order valence-corrected chi connectivity index (χ1v) is 3.31. The van der Waals surface area contributed by atoms with Gasteiger partial charge in [0.05, 0.1) is 19.3 Å². The van der Waals surface area contributed by atoms with E-state index in [1.807, 2.05) is 0 Å². The van der Waals surface area contributed by atoms with Crippen LogP contribution in [0, 0.1) is 0 Å². The van der Waals surface area contributed by atoms with Gasteiger partial charge in [0.25, 0.3) is 0 Å². The van der Waals surface area contributed by atoms with Crippen molar-refractivity contribution >= 4 is 6.09 Å². The number of H-pyrrole nitrogens is 2. The first-order chi connectivity index (χ1) is 5.72. The lowest BCUT2D eigenvalue weighted by atomic mass is 10.5. The number of rotatable bonds is 2. The van der Waals surface area contributed by atoms with Gasteiger partial charge >= 0.3 is 11.8 Å². The molecule has 12 heavy (non-hydrogen) atoms. The van der Waals surface area contributed by atoms with E-state index in [0.717, 1.165) is 0 Å². The molecule has 0 atom stereocenters. The molecule has 1 amide bonds. The zero-order chi connectivity index (χ0) is 8.97. The van der Waals surface area contributed by atoms with Crippen LogP contribution in [0.3, 0.4) is 0 Å². The van der Waals surface area contributed by atoms with Crippen LogP contribution in [0.4, 0.5) is 4.79 Å². The molecule has 0 saturated carbocycles. The highest BCUT2D eigenvalue weighted by Crippen LogP contribution is 1.85. The Labute approximate surface area is 67.9 Å². The number of aromatic nitrogens is 2. The molecule has 1 aromatic rings. The van der Waals surface area contributed by atoms with Crippen LogP contribution in [0.15, 0.2) is 11.0 Å². The van der Waals surface area contributed by atoms with Crippen LogP contribution in [0.1, 0.15) is 5.69 Å². The molecule has 0 radical (unpaired) electrons. The maximum absolute atomic E-state index is 10.6. The molecule has 1 heterocycles. The molecule has 66 valence electrons. The molecule has 0 bridgehead atoms. The quantitative estimate of drug-likeness (QED) is 0.563. The fourth-order valence-corrected chi connectivity index (χ4v) is 0.705. The van der Waals surface area contributed by atoms with Gasteiger partial charge in [-0.25, -0.2) is 9.59 Å². The number of carbonyl (C=O) groups excluding carboxylic acids is 1. The molecule has 0 aromatic carbocycles. The molecule has 0 aliphatic heterocycles. The lowest BCUT2D eigenvalue weighted by Gasteiger charge is -1.99. The predicted molar refractivity (Wildman–Crippen MR) is 40.7 cm³/mol. The van der Waals surface area contributed by atoms with Gasteiger partial charge in [-0.15, -0.1) is 0 Å². The summed E-state index contributed by atoms with van der Waals surface area (Å²) >= 11 is 0. The summed E-state index contributed by atoms with van der Waals surface area (Å²) < 4.78 is 4.33. The summed E-state index contributed by atoms with van der Waals surface area (Å²) in [6, 6.07) is 0. The molecule has 0 aliphatic rings. The highest BCUT2D eigenvalue weighted by molar-refractivity contribution is 5.66. The minimum Gasteiger partial charge on any atom is -0.453 e. The average molecular weight is 171 g/mol. The summed E-state index contributed by atoms with van der Waals surface area (Å²) in [5.74, 6) is 0. The van der Waals surface area contributed by atoms with Crippen LogP contribution in [-0.2, 0) is 11.3 Å². The van der Waals surface area contributed by atoms with Gasteiger partial charge in [-0.3, -0.25) is 0 Å². The van der Waals surface area contributed by atoms with Crippen molar-refractivity contribution in [2.75, 3.05) is 7.11 Å². The van der Waals surface area contributed by atoms with Crippen molar-refractivity contribution in [3.05, 3.63) is 22.4 Å². The second-order valence-corrected chi connectivity index (χ2v) is 2.11. The van der Waals surface area contributed by atoms with Crippen LogP contribution >= 0.6 is 0 Å². The molecule has 0 unspecified atom stereocenters. The SMILES string of the molecule is COC(=O)NCc1c[nH]c(=O)[nH]1. The zero-order valence-corrected chi connectivity index (χ0v) is 6.51. The van der Waals surface area contributed by atoms with Gasteiger partial charge in [0.2, 0.25) is 0 Å². The number of imidazole rings is 1. The molecular formula is C6H9N3O3. The number of aromatic amines is 2. The van der Waals surface area contributed by atoms with Gasteiger partial charge in [-0.2, -0.15) is 0 Å². The Kier molecular flexibility index (Phi) is 2.52. The third-order valence-corrected chi connectivity index (χ3v) is 1.26. The summed E-state index contributed by atoms with van der Waals surface area (Å²) in [5, 5.41) is 2.41. The number of ether oxygens (including phenoxy) is 1. The maximum Gasteiger partial charge on any atom is 0.407 e. The molecule has 1 rings (SSSR count). The van der Waals surface area contributed by atoms with E-state index >= 15 is 0 Å². The van der Waals surface area contributed by atoms with E-state index in [-0.39, 0.29) is 12.2 Å². The molecular weight excluding hydrogens is 162 g/mol. The van der Waals surface area contributed by atoms with Gasteiger partial charge in [0.1, 0.15) is 0 Å². The number of alkyl carbamates (subject to hydrolysis) is 1. The summed E-state index contributed by atoms with van der Waals surface area (Å²) in [4.78, 5) is 26.0. The molecule has 3 N–H and O–H groups in total. The lowest BCUT2D eigenvalue weighted by Crippen LogP contribution is -2.22. The summed E-state index contributed by atoms with van der Waals surface area (Å²) in [5.41, 5.74) is 0.307. The average Bonchev–Trinajstić information content (AvgIpc) is 2.47. The monoisotopic (exact) mass is 171 g/mol. The van der Waals surface area contributed by atoms with Crippen LogP contribution < -0.4 is 11.0 Å². The summed E-state index contributed by atoms with van der Waals surface area (Å²) in [7, 11) is 1.27. The van der Waals surface area contributed by atoms with Crippen LogP contribution in [-0.4, -0.2) is 23.2 Å². The van der Waals surface area contributed by atoms with E-state index in [4.69, 9.17) is 0 Å². The van der Waals surface area contributed by atoms with Crippen LogP contribution in [0.5, 0.6) is 0 Å². The summed E-state index contributed by atoms with van der Waals surface area (Å²) in [6.07, 6.45) is 0.954. The Bertz CT molecular complexity index is 314. The number of carbonyl (C=O) groups is 1.